The number of aryl methyl sites for hydroxylation is 2. The van der Waals surface area contributed by atoms with Crippen LogP contribution in [0, 0.1) is 6.92 Å². The summed E-state index contributed by atoms with van der Waals surface area (Å²) < 4.78 is 12.4. The van der Waals surface area contributed by atoms with Crippen molar-refractivity contribution in [2.24, 2.45) is 7.05 Å². The first-order valence-electron chi connectivity index (χ1n) is 9.13. The van der Waals surface area contributed by atoms with Crippen molar-refractivity contribution in [2.75, 3.05) is 38.2 Å². The Labute approximate surface area is 161 Å². The maximum atomic E-state index is 13.2. The minimum absolute atomic E-state index is 0.193. The maximum absolute atomic E-state index is 13.2. The zero-order valence-corrected chi connectivity index (χ0v) is 16.1. The summed E-state index contributed by atoms with van der Waals surface area (Å²) in [6, 6.07) is 7.85. The third-order valence-electron chi connectivity index (χ3n) is 5.15. The lowest BCUT2D eigenvalue weighted by Gasteiger charge is -2.36. The second kappa shape index (κ2) is 7.03. The van der Waals surface area contributed by atoms with Gasteiger partial charge in [0.15, 0.2) is 0 Å². The van der Waals surface area contributed by atoms with Crippen LogP contribution >= 0.6 is 0 Å². The molecule has 2 aromatic heterocycles. The summed E-state index contributed by atoms with van der Waals surface area (Å²) in [6.07, 6.45) is 1.40. The molecule has 4 rings (SSSR count). The van der Waals surface area contributed by atoms with Crippen LogP contribution in [0.5, 0.6) is 5.75 Å². The van der Waals surface area contributed by atoms with Crippen molar-refractivity contribution in [1.82, 2.24) is 14.5 Å². The van der Waals surface area contributed by atoms with Crippen LogP contribution in [0.4, 0.5) is 5.69 Å². The molecule has 28 heavy (non-hydrogen) atoms. The molecule has 0 saturated carbocycles. The quantitative estimate of drug-likeness (QED) is 0.687. The molecule has 146 valence electrons. The molecule has 0 atom stereocenters. The van der Waals surface area contributed by atoms with Gasteiger partial charge in [-0.3, -0.25) is 9.59 Å². The highest BCUT2D eigenvalue weighted by Crippen LogP contribution is 2.29. The molecule has 1 fully saturated rings. The van der Waals surface area contributed by atoms with Gasteiger partial charge in [0, 0.05) is 33.2 Å². The molecular formula is C20H22N4O4. The number of fused-ring (bicyclic) bond motifs is 1. The molecule has 1 aromatic carbocycles. The number of methoxy groups -OCH3 is 1. The fourth-order valence-electron chi connectivity index (χ4n) is 3.64. The van der Waals surface area contributed by atoms with Crippen molar-refractivity contribution in [3.05, 3.63) is 52.3 Å². The lowest BCUT2D eigenvalue weighted by Crippen LogP contribution is -2.49. The van der Waals surface area contributed by atoms with Crippen LogP contribution in [0.25, 0.3) is 11.1 Å². The Morgan fingerprint density at radius 2 is 1.89 bits per heavy atom. The molecule has 1 aliphatic rings. The number of anilines is 1. The Hall–Kier alpha value is -3.29. The summed E-state index contributed by atoms with van der Waals surface area (Å²) in [7, 11) is 3.26. The van der Waals surface area contributed by atoms with Gasteiger partial charge in [0.05, 0.1) is 18.4 Å². The van der Waals surface area contributed by atoms with Crippen LogP contribution < -0.4 is 15.2 Å². The first-order valence-corrected chi connectivity index (χ1v) is 9.13. The van der Waals surface area contributed by atoms with Crippen LogP contribution in [-0.4, -0.2) is 53.6 Å². The van der Waals surface area contributed by atoms with Gasteiger partial charge in [-0.05, 0) is 19.1 Å². The van der Waals surface area contributed by atoms with E-state index in [0.717, 1.165) is 11.4 Å². The number of hydrogen-bond acceptors (Lipinski definition) is 6. The van der Waals surface area contributed by atoms with E-state index in [9.17, 15) is 9.59 Å². The Morgan fingerprint density at radius 1 is 1.18 bits per heavy atom. The topological polar surface area (TPSA) is 80.8 Å². The number of para-hydroxylation sites is 2. The molecular weight excluding hydrogens is 360 g/mol. The number of piperazine rings is 1. The Balaban J connectivity index is 1.58. The summed E-state index contributed by atoms with van der Waals surface area (Å²) in [5.74, 6) is 1.04. The maximum Gasteiger partial charge on any atom is 0.265 e. The van der Waals surface area contributed by atoms with Crippen LogP contribution in [0.3, 0.4) is 0 Å². The average molecular weight is 382 g/mol. The van der Waals surface area contributed by atoms with E-state index >= 15 is 0 Å². The van der Waals surface area contributed by atoms with Gasteiger partial charge in [0.25, 0.3) is 11.5 Å². The molecule has 0 spiro atoms. The number of nitrogens with zero attached hydrogens (tertiary/aromatic N) is 4. The monoisotopic (exact) mass is 382 g/mol. The van der Waals surface area contributed by atoms with Gasteiger partial charge in [-0.2, -0.15) is 0 Å². The number of aromatic nitrogens is 2. The summed E-state index contributed by atoms with van der Waals surface area (Å²) in [6.45, 7) is 4.14. The predicted molar refractivity (Wildman–Crippen MR) is 105 cm³/mol. The lowest BCUT2D eigenvalue weighted by atomic mass is 10.1. The van der Waals surface area contributed by atoms with E-state index in [1.165, 1.54) is 10.9 Å². The third kappa shape index (κ3) is 2.90. The average Bonchev–Trinajstić information content (AvgIpc) is 3.07. The van der Waals surface area contributed by atoms with Crippen LogP contribution in [0.1, 0.15) is 16.1 Å². The van der Waals surface area contributed by atoms with Crippen molar-refractivity contribution in [1.29, 1.82) is 0 Å². The third-order valence-corrected chi connectivity index (χ3v) is 5.15. The molecule has 3 aromatic rings. The smallest absolute Gasteiger partial charge is 0.265 e. The largest absolute Gasteiger partial charge is 0.495 e. The molecule has 0 radical (unpaired) electrons. The Kier molecular flexibility index (Phi) is 4.54. The number of furan rings is 1. The Bertz CT molecular complexity index is 1090. The molecule has 0 N–H and O–H groups in total. The Morgan fingerprint density at radius 3 is 2.61 bits per heavy atom. The van der Waals surface area contributed by atoms with Crippen LogP contribution in [0.2, 0.25) is 0 Å². The zero-order chi connectivity index (χ0) is 19.8. The van der Waals surface area contributed by atoms with Crippen molar-refractivity contribution in [2.45, 2.75) is 6.92 Å². The normalized spacial score (nSPS) is 14.5. The van der Waals surface area contributed by atoms with Gasteiger partial charge >= 0.3 is 0 Å². The molecule has 1 saturated heterocycles. The molecule has 8 heteroatoms. The second-order valence-electron chi connectivity index (χ2n) is 6.83. The van der Waals surface area contributed by atoms with Crippen molar-refractivity contribution >= 4 is 22.7 Å². The van der Waals surface area contributed by atoms with Gasteiger partial charge in [0.2, 0.25) is 5.71 Å². The lowest BCUT2D eigenvalue weighted by molar-refractivity contribution is 0.0746. The SMILES string of the molecule is COc1ccccc1N1CCN(C(=O)c2c(C)oc3ncn(C)c(=O)c23)CC1. The summed E-state index contributed by atoms with van der Waals surface area (Å²) >= 11 is 0. The number of amides is 1. The number of benzene rings is 1. The fourth-order valence-corrected chi connectivity index (χ4v) is 3.64. The highest BCUT2D eigenvalue weighted by atomic mass is 16.5. The van der Waals surface area contributed by atoms with E-state index in [2.05, 4.69) is 9.88 Å². The van der Waals surface area contributed by atoms with Gasteiger partial charge in [0.1, 0.15) is 23.2 Å². The summed E-state index contributed by atoms with van der Waals surface area (Å²) in [4.78, 5) is 33.8. The van der Waals surface area contributed by atoms with E-state index in [1.807, 2.05) is 24.3 Å². The molecule has 0 bridgehead atoms. The molecule has 0 unspecified atom stereocenters. The van der Waals surface area contributed by atoms with Gasteiger partial charge in [-0.1, -0.05) is 12.1 Å². The van der Waals surface area contributed by atoms with Crippen molar-refractivity contribution in [3.63, 3.8) is 0 Å². The van der Waals surface area contributed by atoms with E-state index in [0.29, 0.717) is 37.5 Å². The highest BCUT2D eigenvalue weighted by Gasteiger charge is 2.29. The fraction of sp³-hybridized carbons (Fsp3) is 0.350. The van der Waals surface area contributed by atoms with E-state index in [1.54, 1.807) is 26.0 Å². The summed E-state index contributed by atoms with van der Waals surface area (Å²) in [5.41, 5.74) is 1.25. The first kappa shape index (κ1) is 18.1. The molecule has 1 aliphatic heterocycles. The second-order valence-corrected chi connectivity index (χ2v) is 6.83. The number of ether oxygens (including phenoxy) is 1. The molecule has 1 amide bonds. The number of hydrogen-bond donors (Lipinski definition) is 0. The van der Waals surface area contributed by atoms with Crippen molar-refractivity contribution < 1.29 is 13.9 Å². The van der Waals surface area contributed by atoms with Crippen molar-refractivity contribution in [3.8, 4) is 5.75 Å². The van der Waals surface area contributed by atoms with Gasteiger partial charge in [-0.25, -0.2) is 4.98 Å². The van der Waals surface area contributed by atoms with Gasteiger partial charge in [-0.15, -0.1) is 0 Å². The standard InChI is InChI=1S/C20H22N4O4/c1-13-16(17-18(28-13)21-12-22(2)19(17)25)20(26)24-10-8-23(9-11-24)14-6-4-5-7-15(14)27-3/h4-7,12H,8-11H2,1-3H3. The zero-order valence-electron chi connectivity index (χ0n) is 16.1. The predicted octanol–water partition coefficient (Wildman–Crippen LogP) is 1.81. The number of carbonyl (C=O) groups is 1. The van der Waals surface area contributed by atoms with Gasteiger partial charge < -0.3 is 23.5 Å². The summed E-state index contributed by atoms with van der Waals surface area (Å²) in [5, 5.41) is 0.250. The molecule has 0 aliphatic carbocycles. The van der Waals surface area contributed by atoms with E-state index in [-0.39, 0.29) is 22.6 Å². The minimum atomic E-state index is -0.280. The molecule has 3 heterocycles. The van der Waals surface area contributed by atoms with Crippen LogP contribution in [-0.2, 0) is 7.05 Å². The first-order chi connectivity index (χ1) is 13.5. The van der Waals surface area contributed by atoms with E-state index < -0.39 is 0 Å². The molecule has 8 nitrogen and oxygen atoms in total. The van der Waals surface area contributed by atoms with E-state index in [4.69, 9.17) is 9.15 Å². The highest BCUT2D eigenvalue weighted by molar-refractivity contribution is 6.06. The number of carbonyl (C=O) groups excluding carboxylic acids is 1. The van der Waals surface area contributed by atoms with Crippen LogP contribution in [0.15, 0.2) is 39.8 Å². The minimum Gasteiger partial charge on any atom is -0.495 e. The number of rotatable bonds is 3.